The number of nitrogens with zero attached hydrogens (tertiary/aromatic N) is 1. The van der Waals surface area contributed by atoms with Crippen molar-refractivity contribution in [2.75, 3.05) is 5.73 Å². The Bertz CT molecular complexity index is 851. The van der Waals surface area contributed by atoms with Gasteiger partial charge in [0.05, 0.1) is 5.69 Å². The molecule has 0 aliphatic heterocycles. The van der Waals surface area contributed by atoms with Crippen LogP contribution in [0.1, 0.15) is 0 Å². The van der Waals surface area contributed by atoms with Gasteiger partial charge in [-0.2, -0.15) is 0 Å². The average Bonchev–Trinajstić information content (AvgIpc) is 2.37. The molecule has 20 heavy (non-hydrogen) atoms. The van der Waals surface area contributed by atoms with Crippen molar-refractivity contribution in [2.45, 2.75) is 0 Å². The number of aromatic nitrogens is 1. The van der Waals surface area contributed by atoms with E-state index in [1.807, 2.05) is 0 Å². The maximum absolute atomic E-state index is 13.3. The molecule has 5 heteroatoms. The Morgan fingerprint density at radius 3 is 2.30 bits per heavy atom. The van der Waals surface area contributed by atoms with Crippen molar-refractivity contribution >= 4 is 16.6 Å². The van der Waals surface area contributed by atoms with Crippen LogP contribution >= 0.6 is 0 Å². The molecule has 0 aliphatic rings. The molecule has 0 saturated heterocycles. The normalized spacial score (nSPS) is 10.9. The Kier molecular flexibility index (Phi) is 2.75. The molecule has 3 rings (SSSR count). The zero-order chi connectivity index (χ0) is 14.3. The number of nitrogen functional groups attached to an aromatic ring is 1. The highest BCUT2D eigenvalue weighted by Crippen LogP contribution is 2.18. The minimum absolute atomic E-state index is 0.0655. The van der Waals surface area contributed by atoms with Crippen molar-refractivity contribution in [1.82, 2.24) is 4.57 Å². The summed E-state index contributed by atoms with van der Waals surface area (Å²) in [5, 5.41) is 1.12. The molecule has 0 amide bonds. The molecule has 3 nitrogen and oxygen atoms in total. The Hall–Kier alpha value is -2.69. The summed E-state index contributed by atoms with van der Waals surface area (Å²) in [7, 11) is 0. The first-order chi connectivity index (χ1) is 9.56. The van der Waals surface area contributed by atoms with Gasteiger partial charge in [-0.25, -0.2) is 8.78 Å². The van der Waals surface area contributed by atoms with E-state index in [1.165, 1.54) is 0 Å². The number of anilines is 1. The van der Waals surface area contributed by atoms with Crippen molar-refractivity contribution in [3.05, 3.63) is 70.5 Å². The third-order valence-corrected chi connectivity index (χ3v) is 3.06. The molecule has 0 fully saturated rings. The van der Waals surface area contributed by atoms with Crippen LogP contribution < -0.4 is 11.3 Å². The second kappa shape index (κ2) is 4.45. The average molecular weight is 272 g/mol. The fraction of sp³-hybridized carbons (Fsp3) is 0. The molecule has 0 radical (unpaired) electrons. The van der Waals surface area contributed by atoms with Crippen LogP contribution in [-0.2, 0) is 0 Å². The lowest BCUT2D eigenvalue weighted by atomic mass is 10.1. The molecule has 2 aromatic carbocycles. The van der Waals surface area contributed by atoms with E-state index in [0.717, 1.165) is 22.8 Å². The van der Waals surface area contributed by atoms with Gasteiger partial charge in [0.1, 0.15) is 17.5 Å². The summed E-state index contributed by atoms with van der Waals surface area (Å²) in [5.74, 6) is -1.40. The Morgan fingerprint density at radius 2 is 1.60 bits per heavy atom. The Labute approximate surface area is 112 Å². The molecule has 2 N–H and O–H groups in total. The number of halogens is 2. The van der Waals surface area contributed by atoms with Gasteiger partial charge in [0.2, 0.25) is 0 Å². The lowest BCUT2D eigenvalue weighted by Gasteiger charge is -2.11. The highest BCUT2D eigenvalue weighted by molar-refractivity contribution is 5.84. The van der Waals surface area contributed by atoms with Crippen LogP contribution in [-0.4, -0.2) is 4.57 Å². The third kappa shape index (κ3) is 1.93. The van der Waals surface area contributed by atoms with Gasteiger partial charge in [0.25, 0.3) is 5.56 Å². The van der Waals surface area contributed by atoms with Gasteiger partial charge in [0.15, 0.2) is 0 Å². The topological polar surface area (TPSA) is 48.0 Å². The second-order valence-electron chi connectivity index (χ2n) is 4.42. The summed E-state index contributed by atoms with van der Waals surface area (Å²) in [6.07, 6.45) is 0. The number of hydrogen-bond donors (Lipinski definition) is 1. The van der Waals surface area contributed by atoms with Gasteiger partial charge in [-0.1, -0.05) is 18.2 Å². The summed E-state index contributed by atoms with van der Waals surface area (Å²) in [6.45, 7) is 0. The Morgan fingerprint density at radius 1 is 0.950 bits per heavy atom. The molecule has 0 saturated carbocycles. The van der Waals surface area contributed by atoms with E-state index in [9.17, 15) is 13.6 Å². The number of rotatable bonds is 1. The summed E-state index contributed by atoms with van der Waals surface area (Å²) < 4.78 is 27.7. The number of nitrogens with two attached hydrogens (primary N) is 1. The molecule has 1 heterocycles. The third-order valence-electron chi connectivity index (χ3n) is 3.06. The lowest BCUT2D eigenvalue weighted by Crippen LogP contribution is -2.21. The summed E-state index contributed by atoms with van der Waals surface area (Å²) in [6, 6.07) is 11.4. The van der Waals surface area contributed by atoms with Crippen molar-refractivity contribution in [2.24, 2.45) is 0 Å². The Balaban J connectivity index is 2.39. The van der Waals surface area contributed by atoms with E-state index >= 15 is 0 Å². The summed E-state index contributed by atoms with van der Waals surface area (Å²) in [5.41, 5.74) is 5.49. The van der Waals surface area contributed by atoms with Gasteiger partial charge < -0.3 is 5.73 Å². The molecular formula is C15H10F2N2O. The van der Waals surface area contributed by atoms with Gasteiger partial charge in [0, 0.05) is 11.5 Å². The number of fused-ring (bicyclic) bond motifs is 1. The fourth-order valence-electron chi connectivity index (χ4n) is 2.21. The second-order valence-corrected chi connectivity index (χ2v) is 4.42. The van der Waals surface area contributed by atoms with Crippen LogP contribution in [0.25, 0.3) is 16.5 Å². The number of benzene rings is 2. The van der Waals surface area contributed by atoms with Crippen molar-refractivity contribution in [1.29, 1.82) is 0 Å². The zero-order valence-corrected chi connectivity index (χ0v) is 10.3. The number of pyridine rings is 1. The largest absolute Gasteiger partial charge is 0.385 e. The molecule has 1 aromatic heterocycles. The van der Waals surface area contributed by atoms with Crippen LogP contribution in [0.15, 0.2) is 53.3 Å². The SMILES string of the molecule is Nc1cc2ccccc2c(=O)n1-c1cc(F)cc(F)c1. The van der Waals surface area contributed by atoms with Crippen molar-refractivity contribution in [3.8, 4) is 5.69 Å². The van der Waals surface area contributed by atoms with Gasteiger partial charge in [-0.05, 0) is 29.7 Å². The molecule has 0 aliphatic carbocycles. The van der Waals surface area contributed by atoms with Crippen LogP contribution in [0.3, 0.4) is 0 Å². The molecule has 0 atom stereocenters. The minimum atomic E-state index is -0.764. The van der Waals surface area contributed by atoms with Crippen molar-refractivity contribution < 1.29 is 8.78 Å². The monoisotopic (exact) mass is 272 g/mol. The molecule has 0 unspecified atom stereocenters. The van der Waals surface area contributed by atoms with Crippen LogP contribution in [0.5, 0.6) is 0 Å². The molecule has 3 aromatic rings. The van der Waals surface area contributed by atoms with Gasteiger partial charge in [-0.3, -0.25) is 9.36 Å². The summed E-state index contributed by atoms with van der Waals surface area (Å²) in [4.78, 5) is 12.4. The minimum Gasteiger partial charge on any atom is -0.385 e. The maximum atomic E-state index is 13.3. The lowest BCUT2D eigenvalue weighted by molar-refractivity contribution is 0.581. The maximum Gasteiger partial charge on any atom is 0.264 e. The highest BCUT2D eigenvalue weighted by Gasteiger charge is 2.10. The quantitative estimate of drug-likeness (QED) is 0.740. The van der Waals surface area contributed by atoms with E-state index < -0.39 is 17.2 Å². The zero-order valence-electron chi connectivity index (χ0n) is 10.3. The smallest absolute Gasteiger partial charge is 0.264 e. The van der Waals surface area contributed by atoms with E-state index in [2.05, 4.69) is 0 Å². The summed E-state index contributed by atoms with van der Waals surface area (Å²) >= 11 is 0. The van der Waals surface area contributed by atoms with E-state index in [1.54, 1.807) is 30.3 Å². The molecular weight excluding hydrogens is 262 g/mol. The molecule has 100 valence electrons. The van der Waals surface area contributed by atoms with Gasteiger partial charge >= 0.3 is 0 Å². The van der Waals surface area contributed by atoms with E-state index in [0.29, 0.717) is 10.8 Å². The standard InChI is InChI=1S/C15H10F2N2O/c16-10-6-11(17)8-12(7-10)19-14(18)5-9-3-1-2-4-13(9)15(19)20/h1-8H,18H2. The number of hydrogen-bond acceptors (Lipinski definition) is 2. The fourth-order valence-corrected chi connectivity index (χ4v) is 2.21. The van der Waals surface area contributed by atoms with E-state index in [-0.39, 0.29) is 11.5 Å². The van der Waals surface area contributed by atoms with Crippen molar-refractivity contribution in [3.63, 3.8) is 0 Å². The van der Waals surface area contributed by atoms with Crippen LogP contribution in [0.4, 0.5) is 14.6 Å². The van der Waals surface area contributed by atoms with Gasteiger partial charge in [-0.15, -0.1) is 0 Å². The van der Waals surface area contributed by atoms with Crippen LogP contribution in [0, 0.1) is 11.6 Å². The first kappa shape index (κ1) is 12.3. The molecule has 0 bridgehead atoms. The van der Waals surface area contributed by atoms with E-state index in [4.69, 9.17) is 5.73 Å². The van der Waals surface area contributed by atoms with Crippen LogP contribution in [0.2, 0.25) is 0 Å². The first-order valence-electron chi connectivity index (χ1n) is 5.93. The predicted octanol–water partition coefficient (Wildman–Crippen LogP) is 2.85. The first-order valence-corrected chi connectivity index (χ1v) is 5.93. The highest BCUT2D eigenvalue weighted by atomic mass is 19.1. The molecule has 0 spiro atoms. The predicted molar refractivity (Wildman–Crippen MR) is 73.9 cm³/mol.